The topological polar surface area (TPSA) is 107 Å². The first-order valence-corrected chi connectivity index (χ1v) is 8.91. The number of amides is 1. The Bertz CT molecular complexity index is 953. The van der Waals surface area contributed by atoms with Crippen molar-refractivity contribution in [2.45, 2.75) is 13.5 Å². The van der Waals surface area contributed by atoms with Gasteiger partial charge < -0.3 is 14.2 Å². The fraction of sp³-hybridized carbons (Fsp3) is 0.200. The molecule has 0 atom stereocenters. The predicted molar refractivity (Wildman–Crippen MR) is 106 cm³/mol. The largest absolute Gasteiger partial charge is 0.490 e. The van der Waals surface area contributed by atoms with Crippen molar-refractivity contribution >= 4 is 11.9 Å². The minimum atomic E-state index is -0.377. The number of hydrogen-bond acceptors (Lipinski definition) is 8. The van der Waals surface area contributed by atoms with Gasteiger partial charge in [0, 0.05) is 30.2 Å². The Morgan fingerprint density at radius 2 is 1.86 bits per heavy atom. The zero-order valence-corrected chi connectivity index (χ0v) is 16.1. The van der Waals surface area contributed by atoms with Crippen LogP contribution in [-0.2, 0) is 6.61 Å². The van der Waals surface area contributed by atoms with E-state index in [1.54, 1.807) is 36.7 Å². The van der Waals surface area contributed by atoms with E-state index in [2.05, 4.69) is 25.8 Å². The van der Waals surface area contributed by atoms with Gasteiger partial charge in [-0.05, 0) is 42.8 Å². The zero-order chi connectivity index (χ0) is 20.5. The lowest BCUT2D eigenvalue weighted by Crippen LogP contribution is -2.30. The summed E-state index contributed by atoms with van der Waals surface area (Å²) >= 11 is 0. The molecule has 0 aliphatic carbocycles. The van der Waals surface area contributed by atoms with Gasteiger partial charge in [-0.25, -0.2) is 4.98 Å². The molecule has 9 heteroatoms. The average molecular weight is 395 g/mol. The maximum absolute atomic E-state index is 12.5. The molecule has 1 amide bonds. The Morgan fingerprint density at radius 3 is 2.62 bits per heavy atom. The van der Waals surface area contributed by atoms with Crippen LogP contribution in [0.25, 0.3) is 0 Å². The highest BCUT2D eigenvalue weighted by atomic mass is 16.5. The van der Waals surface area contributed by atoms with Gasteiger partial charge in [0.15, 0.2) is 11.5 Å². The number of methoxy groups -OCH3 is 1. The molecule has 2 heterocycles. The molecule has 0 radical (unpaired) electrons. The molecule has 0 saturated carbocycles. The van der Waals surface area contributed by atoms with Crippen LogP contribution in [-0.4, -0.2) is 34.6 Å². The fourth-order valence-electron chi connectivity index (χ4n) is 2.38. The van der Waals surface area contributed by atoms with E-state index in [4.69, 9.17) is 14.2 Å². The van der Waals surface area contributed by atoms with E-state index in [0.717, 1.165) is 5.56 Å². The number of anilines is 1. The molecular weight excluding hydrogens is 374 g/mol. The molecule has 0 spiro atoms. The number of nitrogens with one attached hydrogen (secondary N) is 2. The van der Waals surface area contributed by atoms with Crippen molar-refractivity contribution in [2.75, 3.05) is 19.1 Å². The summed E-state index contributed by atoms with van der Waals surface area (Å²) in [5, 5.41) is 0. The molecule has 0 aliphatic rings. The van der Waals surface area contributed by atoms with Crippen LogP contribution in [0, 0.1) is 0 Å². The SMILES string of the molecule is CCOc1cc(C(=O)NNc2nccc(OC)n2)ccc1OCc1ccncc1. The van der Waals surface area contributed by atoms with Crippen molar-refractivity contribution in [1.82, 2.24) is 20.4 Å². The highest BCUT2D eigenvalue weighted by molar-refractivity contribution is 5.95. The number of hydrogen-bond donors (Lipinski definition) is 2. The van der Waals surface area contributed by atoms with Crippen LogP contribution in [0.5, 0.6) is 17.4 Å². The number of ether oxygens (including phenoxy) is 3. The van der Waals surface area contributed by atoms with E-state index in [1.165, 1.54) is 13.3 Å². The molecular formula is C20H21N5O4. The van der Waals surface area contributed by atoms with E-state index in [9.17, 15) is 4.79 Å². The zero-order valence-electron chi connectivity index (χ0n) is 16.1. The lowest BCUT2D eigenvalue weighted by Gasteiger charge is -2.14. The lowest BCUT2D eigenvalue weighted by atomic mass is 10.2. The lowest BCUT2D eigenvalue weighted by molar-refractivity contribution is 0.0961. The van der Waals surface area contributed by atoms with Gasteiger partial charge in [-0.1, -0.05) is 0 Å². The first-order valence-electron chi connectivity index (χ1n) is 8.91. The number of carbonyl (C=O) groups is 1. The van der Waals surface area contributed by atoms with Gasteiger partial charge in [-0.3, -0.25) is 20.6 Å². The van der Waals surface area contributed by atoms with E-state index in [1.807, 2.05) is 19.1 Å². The monoisotopic (exact) mass is 395 g/mol. The van der Waals surface area contributed by atoms with Crippen LogP contribution in [0.3, 0.4) is 0 Å². The van der Waals surface area contributed by atoms with Crippen LogP contribution in [0.2, 0.25) is 0 Å². The third-order valence-corrected chi connectivity index (χ3v) is 3.78. The summed E-state index contributed by atoms with van der Waals surface area (Å²) in [6.07, 6.45) is 4.92. The summed E-state index contributed by atoms with van der Waals surface area (Å²) in [6, 6.07) is 10.3. The Morgan fingerprint density at radius 1 is 1.03 bits per heavy atom. The quantitative estimate of drug-likeness (QED) is 0.533. The van der Waals surface area contributed by atoms with Crippen molar-refractivity contribution in [3.8, 4) is 17.4 Å². The highest BCUT2D eigenvalue weighted by Gasteiger charge is 2.12. The minimum absolute atomic E-state index is 0.208. The number of hydrazine groups is 1. The van der Waals surface area contributed by atoms with E-state index in [0.29, 0.717) is 36.2 Å². The normalized spacial score (nSPS) is 10.1. The van der Waals surface area contributed by atoms with Crippen LogP contribution in [0.1, 0.15) is 22.8 Å². The average Bonchev–Trinajstić information content (AvgIpc) is 2.77. The van der Waals surface area contributed by atoms with Crippen LogP contribution >= 0.6 is 0 Å². The molecule has 0 saturated heterocycles. The number of benzene rings is 1. The second kappa shape index (κ2) is 9.88. The Labute approximate surface area is 168 Å². The van der Waals surface area contributed by atoms with Gasteiger partial charge in [-0.2, -0.15) is 4.98 Å². The third kappa shape index (κ3) is 5.55. The number of rotatable bonds is 9. The summed E-state index contributed by atoms with van der Waals surface area (Å²) < 4.78 is 16.5. The van der Waals surface area contributed by atoms with Crippen LogP contribution in [0.15, 0.2) is 55.0 Å². The van der Waals surface area contributed by atoms with Crippen molar-refractivity contribution < 1.29 is 19.0 Å². The maximum atomic E-state index is 12.5. The number of carbonyl (C=O) groups excluding carboxylic acids is 1. The third-order valence-electron chi connectivity index (χ3n) is 3.78. The summed E-state index contributed by atoms with van der Waals surface area (Å²) in [6.45, 7) is 2.66. The molecule has 3 aromatic rings. The van der Waals surface area contributed by atoms with Gasteiger partial charge in [0.1, 0.15) is 6.61 Å². The summed E-state index contributed by atoms with van der Waals surface area (Å²) in [5.74, 6) is 1.24. The second-order valence-electron chi connectivity index (χ2n) is 5.74. The summed E-state index contributed by atoms with van der Waals surface area (Å²) in [4.78, 5) is 24.5. The van der Waals surface area contributed by atoms with E-state index < -0.39 is 0 Å². The first-order chi connectivity index (χ1) is 14.2. The number of aromatic nitrogens is 3. The van der Waals surface area contributed by atoms with Crippen LogP contribution in [0.4, 0.5) is 5.95 Å². The van der Waals surface area contributed by atoms with Gasteiger partial charge in [-0.15, -0.1) is 0 Å². The highest BCUT2D eigenvalue weighted by Crippen LogP contribution is 2.29. The molecule has 0 unspecified atom stereocenters. The molecule has 9 nitrogen and oxygen atoms in total. The minimum Gasteiger partial charge on any atom is -0.490 e. The van der Waals surface area contributed by atoms with Crippen molar-refractivity contribution in [3.63, 3.8) is 0 Å². The first kappa shape index (κ1) is 19.9. The molecule has 0 fully saturated rings. The number of pyridine rings is 1. The van der Waals surface area contributed by atoms with Gasteiger partial charge in [0.05, 0.1) is 13.7 Å². The predicted octanol–water partition coefficient (Wildman–Crippen LogP) is 2.61. The van der Waals surface area contributed by atoms with Crippen molar-refractivity contribution in [2.24, 2.45) is 0 Å². The second-order valence-corrected chi connectivity index (χ2v) is 5.74. The molecule has 2 N–H and O–H groups in total. The molecule has 0 aliphatic heterocycles. The number of nitrogens with zero attached hydrogens (tertiary/aromatic N) is 3. The Balaban J connectivity index is 1.66. The maximum Gasteiger partial charge on any atom is 0.269 e. The summed E-state index contributed by atoms with van der Waals surface area (Å²) in [5.41, 5.74) is 6.56. The van der Waals surface area contributed by atoms with E-state index in [-0.39, 0.29) is 11.9 Å². The summed E-state index contributed by atoms with van der Waals surface area (Å²) in [7, 11) is 1.50. The van der Waals surface area contributed by atoms with Crippen molar-refractivity contribution in [3.05, 3.63) is 66.1 Å². The van der Waals surface area contributed by atoms with Gasteiger partial charge in [0.2, 0.25) is 11.8 Å². The molecule has 3 rings (SSSR count). The fourth-order valence-corrected chi connectivity index (χ4v) is 2.38. The molecule has 150 valence electrons. The van der Waals surface area contributed by atoms with E-state index >= 15 is 0 Å². The van der Waals surface area contributed by atoms with Gasteiger partial charge in [0.25, 0.3) is 5.91 Å². The smallest absolute Gasteiger partial charge is 0.269 e. The standard InChI is InChI=1S/C20H21N5O4/c1-3-28-17-12-15(4-5-16(17)29-13-14-6-9-21-10-7-14)19(26)24-25-20-22-11-8-18(23-20)27-2/h4-12H,3,13H2,1-2H3,(H,24,26)(H,22,23,25). The Hall–Kier alpha value is -3.88. The van der Waals surface area contributed by atoms with Crippen molar-refractivity contribution in [1.29, 1.82) is 0 Å². The van der Waals surface area contributed by atoms with Crippen LogP contribution < -0.4 is 25.1 Å². The molecule has 0 bridgehead atoms. The molecule has 2 aromatic heterocycles. The molecule has 1 aromatic carbocycles. The Kier molecular flexibility index (Phi) is 6.77. The molecule has 29 heavy (non-hydrogen) atoms. The van der Waals surface area contributed by atoms with Gasteiger partial charge >= 0.3 is 0 Å².